The molecule has 0 radical (unpaired) electrons. The fourth-order valence-corrected chi connectivity index (χ4v) is 3.75. The first-order valence-electron chi connectivity index (χ1n) is 9.20. The Morgan fingerprint density at radius 1 is 1.07 bits per heavy atom. The average molecular weight is 420 g/mol. The predicted octanol–water partition coefficient (Wildman–Crippen LogP) is 3.60. The van der Waals surface area contributed by atoms with Gasteiger partial charge in [-0.15, -0.1) is 0 Å². The highest BCUT2D eigenvalue weighted by atomic mass is 32.2. The van der Waals surface area contributed by atoms with E-state index in [0.29, 0.717) is 17.9 Å². The summed E-state index contributed by atoms with van der Waals surface area (Å²) in [4.78, 5) is 22.7. The number of carboxylic acids is 1. The van der Waals surface area contributed by atoms with E-state index in [4.69, 9.17) is 5.11 Å². The Morgan fingerprint density at radius 3 is 2.45 bits per heavy atom. The number of carboxylic acid groups (broad SMARTS) is 1. The lowest BCUT2D eigenvalue weighted by Gasteiger charge is -2.13. The summed E-state index contributed by atoms with van der Waals surface area (Å²) in [5, 5.41) is 14.2. The Balaban J connectivity index is 2.16. The van der Waals surface area contributed by atoms with E-state index in [2.05, 4.69) is 15.4 Å². The van der Waals surface area contributed by atoms with Crippen LogP contribution in [-0.4, -0.2) is 32.1 Å². The van der Waals surface area contributed by atoms with Crippen molar-refractivity contribution in [2.75, 3.05) is 16.6 Å². The first kappa shape index (κ1) is 22.2. The fraction of sp³-hybridized carbons (Fsp3) is 0.300. The summed E-state index contributed by atoms with van der Waals surface area (Å²) in [6.45, 7) is 4.21. The van der Waals surface area contributed by atoms with Crippen LogP contribution in [0.3, 0.4) is 0 Å². The number of aliphatic carboxylic acids is 1. The Kier molecular flexibility index (Phi) is 7.60. The molecule has 8 nitrogen and oxygen atoms in total. The van der Waals surface area contributed by atoms with Crippen LogP contribution in [0.25, 0.3) is 0 Å². The van der Waals surface area contributed by atoms with E-state index in [1.54, 1.807) is 37.3 Å². The van der Waals surface area contributed by atoms with Gasteiger partial charge in [-0.2, -0.15) is 0 Å². The Morgan fingerprint density at radius 2 is 1.76 bits per heavy atom. The number of rotatable bonds is 9. The molecule has 0 aliphatic rings. The van der Waals surface area contributed by atoms with Gasteiger partial charge < -0.3 is 15.7 Å². The lowest BCUT2D eigenvalue weighted by atomic mass is 9.98. The van der Waals surface area contributed by atoms with E-state index in [9.17, 15) is 18.0 Å². The molecule has 0 aromatic heterocycles. The van der Waals surface area contributed by atoms with Crippen LogP contribution >= 0.6 is 0 Å². The molecule has 0 aliphatic carbocycles. The van der Waals surface area contributed by atoms with Gasteiger partial charge in [0, 0.05) is 17.9 Å². The minimum atomic E-state index is -3.89. The number of hydrogen-bond donors (Lipinski definition) is 4. The Hall–Kier alpha value is -3.07. The zero-order valence-corrected chi connectivity index (χ0v) is 17.1. The van der Waals surface area contributed by atoms with Crippen molar-refractivity contribution in [3.05, 3.63) is 54.1 Å². The second-order valence-electron chi connectivity index (χ2n) is 6.64. The minimum Gasteiger partial charge on any atom is -0.481 e. The van der Waals surface area contributed by atoms with Gasteiger partial charge in [0.25, 0.3) is 10.0 Å². The summed E-state index contributed by atoms with van der Waals surface area (Å²) in [6.07, 6.45) is 0.736. The van der Waals surface area contributed by atoms with Crippen LogP contribution < -0.4 is 15.4 Å². The molecule has 1 unspecified atom stereocenters. The molecule has 0 bridgehead atoms. The Bertz CT molecular complexity index is 976. The first-order valence-corrected chi connectivity index (χ1v) is 10.7. The molecule has 0 spiro atoms. The molecular formula is C20H25N3O5S. The van der Waals surface area contributed by atoms with Gasteiger partial charge in [-0.05, 0) is 48.2 Å². The normalized spacial score (nSPS) is 12.1. The second kappa shape index (κ2) is 9.92. The van der Waals surface area contributed by atoms with Gasteiger partial charge in [0.2, 0.25) is 0 Å². The van der Waals surface area contributed by atoms with Gasteiger partial charge >= 0.3 is 12.0 Å². The van der Waals surface area contributed by atoms with Crippen LogP contribution in [-0.2, 0) is 14.8 Å². The maximum atomic E-state index is 12.7. The molecule has 0 saturated carbocycles. The number of carbonyl (C=O) groups is 2. The minimum absolute atomic E-state index is 0.00483. The van der Waals surface area contributed by atoms with Crippen LogP contribution in [0.5, 0.6) is 0 Å². The third-order valence-corrected chi connectivity index (χ3v) is 5.51. The second-order valence-corrected chi connectivity index (χ2v) is 8.32. The summed E-state index contributed by atoms with van der Waals surface area (Å²) < 4.78 is 28.0. The van der Waals surface area contributed by atoms with Crippen LogP contribution in [0, 0.1) is 0 Å². The molecule has 9 heteroatoms. The predicted molar refractivity (Wildman–Crippen MR) is 112 cm³/mol. The van der Waals surface area contributed by atoms with Gasteiger partial charge in [-0.1, -0.05) is 32.0 Å². The smallest absolute Gasteiger partial charge is 0.319 e. The molecule has 0 heterocycles. The fourth-order valence-electron chi connectivity index (χ4n) is 2.66. The van der Waals surface area contributed by atoms with Crippen molar-refractivity contribution < 1.29 is 23.1 Å². The molecule has 0 fully saturated rings. The van der Waals surface area contributed by atoms with Crippen molar-refractivity contribution in [2.45, 2.75) is 37.5 Å². The average Bonchev–Trinajstić information content (AvgIpc) is 2.66. The third kappa shape index (κ3) is 6.79. The van der Waals surface area contributed by atoms with E-state index >= 15 is 0 Å². The summed E-state index contributed by atoms with van der Waals surface area (Å²) >= 11 is 0. The lowest BCUT2D eigenvalue weighted by Crippen LogP contribution is -2.29. The summed E-state index contributed by atoms with van der Waals surface area (Å²) in [6, 6.07) is 12.1. The molecule has 2 aromatic carbocycles. The summed E-state index contributed by atoms with van der Waals surface area (Å²) in [5.74, 6) is -1.18. The number of benzene rings is 2. The first-order chi connectivity index (χ1) is 13.7. The van der Waals surface area contributed by atoms with Gasteiger partial charge in [-0.25, -0.2) is 13.2 Å². The highest BCUT2D eigenvalue weighted by Gasteiger charge is 2.17. The van der Waals surface area contributed by atoms with Crippen molar-refractivity contribution in [1.29, 1.82) is 0 Å². The maximum Gasteiger partial charge on any atom is 0.319 e. The maximum absolute atomic E-state index is 12.7. The molecule has 0 saturated heterocycles. The molecule has 4 N–H and O–H groups in total. The summed E-state index contributed by atoms with van der Waals surface area (Å²) in [5.41, 5.74) is 1.40. The van der Waals surface area contributed by atoms with E-state index < -0.39 is 22.0 Å². The lowest BCUT2D eigenvalue weighted by molar-refractivity contribution is -0.137. The van der Waals surface area contributed by atoms with Gasteiger partial charge in [-0.3, -0.25) is 9.52 Å². The highest BCUT2D eigenvalue weighted by molar-refractivity contribution is 7.92. The molecular weight excluding hydrogens is 394 g/mol. The van der Waals surface area contributed by atoms with Crippen LogP contribution in [0.1, 0.15) is 38.2 Å². The number of sulfonamides is 1. The number of nitrogens with one attached hydrogen (secondary N) is 3. The van der Waals surface area contributed by atoms with E-state index in [0.717, 1.165) is 12.0 Å². The Labute approximate surface area is 170 Å². The summed E-state index contributed by atoms with van der Waals surface area (Å²) in [7, 11) is -3.89. The van der Waals surface area contributed by atoms with Crippen molar-refractivity contribution in [3.63, 3.8) is 0 Å². The quantitative estimate of drug-likeness (QED) is 0.494. The van der Waals surface area contributed by atoms with Crippen molar-refractivity contribution in [1.82, 2.24) is 5.32 Å². The van der Waals surface area contributed by atoms with Crippen LogP contribution in [0.15, 0.2) is 53.4 Å². The number of amides is 2. The zero-order chi connectivity index (χ0) is 21.4. The van der Waals surface area contributed by atoms with Crippen LogP contribution in [0.4, 0.5) is 16.2 Å². The number of anilines is 2. The zero-order valence-electron chi connectivity index (χ0n) is 16.3. The van der Waals surface area contributed by atoms with Crippen molar-refractivity contribution in [3.8, 4) is 0 Å². The van der Waals surface area contributed by atoms with E-state index in [1.807, 2.05) is 6.92 Å². The molecule has 156 valence electrons. The molecule has 2 amide bonds. The number of hydrogen-bond acceptors (Lipinski definition) is 4. The molecule has 2 rings (SSSR count). The number of carbonyl (C=O) groups excluding carboxylic acids is 1. The molecule has 1 atom stereocenters. The van der Waals surface area contributed by atoms with Crippen molar-refractivity contribution in [2.24, 2.45) is 0 Å². The monoisotopic (exact) mass is 419 g/mol. The topological polar surface area (TPSA) is 125 Å². The molecule has 29 heavy (non-hydrogen) atoms. The standard InChI is InChI=1S/C20H25N3O5S/c1-3-10-21-20(26)22-16-7-5-9-18(13-16)29(27,28)23-17-8-4-6-15(12-17)14(2)11-19(24)25/h4-9,12-14,23H,3,10-11H2,1-2H3,(H,24,25)(H2,21,22,26). The van der Waals surface area contributed by atoms with E-state index in [-0.39, 0.29) is 17.2 Å². The van der Waals surface area contributed by atoms with Crippen molar-refractivity contribution >= 4 is 33.4 Å². The number of urea groups is 1. The molecule has 2 aromatic rings. The van der Waals surface area contributed by atoms with Gasteiger partial charge in [0.05, 0.1) is 11.3 Å². The van der Waals surface area contributed by atoms with Gasteiger partial charge in [0.15, 0.2) is 0 Å². The van der Waals surface area contributed by atoms with Gasteiger partial charge in [0.1, 0.15) is 0 Å². The third-order valence-electron chi connectivity index (χ3n) is 4.13. The van der Waals surface area contributed by atoms with Crippen LogP contribution in [0.2, 0.25) is 0 Å². The SMILES string of the molecule is CCCNC(=O)Nc1cccc(S(=O)(=O)Nc2cccc(C(C)CC(=O)O)c2)c1. The highest BCUT2D eigenvalue weighted by Crippen LogP contribution is 2.24. The molecule has 0 aliphatic heterocycles. The largest absolute Gasteiger partial charge is 0.481 e. The van der Waals surface area contributed by atoms with E-state index in [1.165, 1.54) is 18.2 Å².